The van der Waals surface area contributed by atoms with Gasteiger partial charge < -0.3 is 9.47 Å². The van der Waals surface area contributed by atoms with Crippen LogP contribution in [0.5, 0.6) is 11.5 Å². The van der Waals surface area contributed by atoms with Crippen LogP contribution < -0.4 is 20.6 Å². The lowest BCUT2D eigenvalue weighted by molar-refractivity contribution is 0.269. The SMILES string of the molecule is CCOc1cc(/C=N/Nc2nc(=O)[nH]nc2C)ccc1OCc1ccc(C)cc1. The number of ether oxygens (including phenoxy) is 2. The van der Waals surface area contributed by atoms with E-state index in [2.05, 4.69) is 44.8 Å². The van der Waals surface area contributed by atoms with Gasteiger partial charge in [0.25, 0.3) is 0 Å². The second-order valence-corrected chi connectivity index (χ2v) is 6.36. The van der Waals surface area contributed by atoms with Gasteiger partial charge in [0.15, 0.2) is 17.3 Å². The lowest BCUT2D eigenvalue weighted by Gasteiger charge is -2.13. The molecule has 3 rings (SSSR count). The van der Waals surface area contributed by atoms with Crippen LogP contribution in [0, 0.1) is 13.8 Å². The molecule has 0 atom stereocenters. The van der Waals surface area contributed by atoms with Crippen molar-refractivity contribution in [3.05, 3.63) is 75.3 Å². The zero-order valence-corrected chi connectivity index (χ0v) is 16.6. The highest BCUT2D eigenvalue weighted by Gasteiger charge is 2.07. The van der Waals surface area contributed by atoms with E-state index >= 15 is 0 Å². The summed E-state index contributed by atoms with van der Waals surface area (Å²) in [5, 5.41) is 10.2. The number of H-pyrrole nitrogens is 1. The number of aromatic amines is 1. The molecule has 1 heterocycles. The molecule has 2 N–H and O–H groups in total. The van der Waals surface area contributed by atoms with Crippen molar-refractivity contribution in [2.75, 3.05) is 12.0 Å². The maximum absolute atomic E-state index is 11.3. The van der Waals surface area contributed by atoms with Crippen molar-refractivity contribution in [2.24, 2.45) is 5.10 Å². The van der Waals surface area contributed by atoms with Gasteiger partial charge in [-0.15, -0.1) is 0 Å². The van der Waals surface area contributed by atoms with Crippen molar-refractivity contribution in [1.82, 2.24) is 15.2 Å². The summed E-state index contributed by atoms with van der Waals surface area (Å²) < 4.78 is 11.6. The molecule has 0 spiro atoms. The molecule has 0 aliphatic rings. The molecule has 8 nitrogen and oxygen atoms in total. The quantitative estimate of drug-likeness (QED) is 0.450. The van der Waals surface area contributed by atoms with Crippen molar-refractivity contribution < 1.29 is 9.47 Å². The van der Waals surface area contributed by atoms with Crippen LogP contribution in [0.4, 0.5) is 5.82 Å². The molecular weight excluding hydrogens is 370 g/mol. The first-order chi connectivity index (χ1) is 14.0. The number of nitrogens with zero attached hydrogens (tertiary/aromatic N) is 3. The third-order valence-electron chi connectivity index (χ3n) is 4.04. The molecule has 0 unspecified atom stereocenters. The number of benzene rings is 2. The largest absolute Gasteiger partial charge is 0.490 e. The van der Waals surface area contributed by atoms with Gasteiger partial charge in [0.1, 0.15) is 12.3 Å². The fraction of sp³-hybridized carbons (Fsp3) is 0.238. The van der Waals surface area contributed by atoms with Gasteiger partial charge >= 0.3 is 5.69 Å². The summed E-state index contributed by atoms with van der Waals surface area (Å²) >= 11 is 0. The second kappa shape index (κ2) is 9.50. The van der Waals surface area contributed by atoms with Crippen molar-refractivity contribution >= 4 is 12.0 Å². The molecule has 0 saturated heterocycles. The van der Waals surface area contributed by atoms with Crippen molar-refractivity contribution in [1.29, 1.82) is 0 Å². The molecule has 3 aromatic rings. The average molecular weight is 393 g/mol. The molecule has 0 amide bonds. The molecule has 0 aliphatic carbocycles. The molecular formula is C21H23N5O3. The summed E-state index contributed by atoms with van der Waals surface area (Å²) in [5.41, 5.74) is 5.82. The molecule has 0 radical (unpaired) electrons. The standard InChI is InChI=1S/C21H23N5O3/c1-4-28-19-11-17(12-22-25-20-15(3)24-26-21(27)23-20)9-10-18(19)29-13-16-7-5-14(2)6-8-16/h5-12H,4,13H2,1-3H3,(H2,23,25,26,27)/b22-12+. The van der Waals surface area contributed by atoms with Crippen LogP contribution in [0.3, 0.4) is 0 Å². The Morgan fingerprint density at radius 1 is 1.10 bits per heavy atom. The number of hydrogen-bond acceptors (Lipinski definition) is 7. The highest BCUT2D eigenvalue weighted by atomic mass is 16.5. The number of rotatable bonds is 8. The van der Waals surface area contributed by atoms with Crippen LogP contribution in [0.25, 0.3) is 0 Å². The number of hydrazone groups is 1. The van der Waals surface area contributed by atoms with Gasteiger partial charge in [-0.25, -0.2) is 9.89 Å². The normalized spacial score (nSPS) is 10.9. The monoisotopic (exact) mass is 393 g/mol. The van der Waals surface area contributed by atoms with E-state index in [9.17, 15) is 4.79 Å². The van der Waals surface area contributed by atoms with Crippen LogP contribution in [-0.4, -0.2) is 28.0 Å². The van der Waals surface area contributed by atoms with E-state index < -0.39 is 5.69 Å². The Morgan fingerprint density at radius 2 is 1.90 bits per heavy atom. The van der Waals surface area contributed by atoms with Gasteiger partial charge in [-0.2, -0.15) is 15.2 Å². The zero-order chi connectivity index (χ0) is 20.6. The summed E-state index contributed by atoms with van der Waals surface area (Å²) in [6.45, 7) is 6.66. The minimum Gasteiger partial charge on any atom is -0.490 e. The molecule has 2 aromatic carbocycles. The Bertz CT molecular complexity index is 1040. The highest BCUT2D eigenvalue weighted by Crippen LogP contribution is 2.29. The van der Waals surface area contributed by atoms with E-state index in [4.69, 9.17) is 9.47 Å². The Labute approximate surface area is 168 Å². The van der Waals surface area contributed by atoms with E-state index in [0.717, 1.165) is 11.1 Å². The smallest absolute Gasteiger partial charge is 0.363 e. The van der Waals surface area contributed by atoms with Gasteiger partial charge in [0.05, 0.1) is 12.8 Å². The van der Waals surface area contributed by atoms with Crippen LogP contribution in [0.15, 0.2) is 52.4 Å². The maximum atomic E-state index is 11.3. The molecule has 8 heteroatoms. The molecule has 0 bridgehead atoms. The molecule has 0 fully saturated rings. The first-order valence-electron chi connectivity index (χ1n) is 9.22. The van der Waals surface area contributed by atoms with E-state index in [1.165, 1.54) is 5.56 Å². The van der Waals surface area contributed by atoms with Crippen molar-refractivity contribution in [3.8, 4) is 11.5 Å². The summed E-state index contributed by atoms with van der Waals surface area (Å²) in [4.78, 5) is 15.0. The molecule has 0 saturated carbocycles. The third-order valence-corrected chi connectivity index (χ3v) is 4.04. The Kier molecular flexibility index (Phi) is 6.57. The van der Waals surface area contributed by atoms with Crippen LogP contribution >= 0.6 is 0 Å². The number of aryl methyl sites for hydroxylation is 2. The average Bonchev–Trinajstić information content (AvgIpc) is 2.71. The molecule has 150 valence electrons. The van der Waals surface area contributed by atoms with Crippen LogP contribution in [0.2, 0.25) is 0 Å². The van der Waals surface area contributed by atoms with Gasteiger partial charge in [0.2, 0.25) is 0 Å². The highest BCUT2D eigenvalue weighted by molar-refractivity contribution is 5.81. The van der Waals surface area contributed by atoms with Crippen molar-refractivity contribution in [2.45, 2.75) is 27.4 Å². The van der Waals surface area contributed by atoms with E-state index in [0.29, 0.717) is 36.2 Å². The third kappa shape index (κ3) is 5.65. The van der Waals surface area contributed by atoms with Crippen LogP contribution in [0.1, 0.15) is 29.3 Å². The lowest BCUT2D eigenvalue weighted by atomic mass is 10.2. The van der Waals surface area contributed by atoms with Crippen LogP contribution in [-0.2, 0) is 6.61 Å². The fourth-order valence-electron chi connectivity index (χ4n) is 2.50. The predicted octanol–water partition coefficient (Wildman–Crippen LogP) is 3.21. The van der Waals surface area contributed by atoms with Gasteiger partial charge in [-0.1, -0.05) is 29.8 Å². The minimum absolute atomic E-state index is 0.299. The number of hydrogen-bond donors (Lipinski definition) is 2. The number of anilines is 1. The van der Waals surface area contributed by atoms with E-state index in [1.807, 2.05) is 37.3 Å². The maximum Gasteiger partial charge on any atom is 0.363 e. The van der Waals surface area contributed by atoms with Gasteiger partial charge in [-0.3, -0.25) is 5.43 Å². The summed E-state index contributed by atoms with van der Waals surface area (Å²) in [5.74, 6) is 1.60. The second-order valence-electron chi connectivity index (χ2n) is 6.36. The Morgan fingerprint density at radius 3 is 2.66 bits per heavy atom. The van der Waals surface area contributed by atoms with E-state index in [1.54, 1.807) is 13.1 Å². The minimum atomic E-state index is -0.540. The summed E-state index contributed by atoms with van der Waals surface area (Å²) in [7, 11) is 0. The first-order valence-corrected chi connectivity index (χ1v) is 9.22. The molecule has 29 heavy (non-hydrogen) atoms. The molecule has 0 aliphatic heterocycles. The topological polar surface area (TPSA) is 101 Å². The van der Waals surface area contributed by atoms with Gasteiger partial charge in [-0.05, 0) is 50.1 Å². The summed E-state index contributed by atoms with van der Waals surface area (Å²) in [6, 6.07) is 13.8. The number of aromatic nitrogens is 3. The fourth-order valence-corrected chi connectivity index (χ4v) is 2.50. The van der Waals surface area contributed by atoms with E-state index in [-0.39, 0.29) is 0 Å². The first kappa shape index (κ1) is 20.1. The lowest BCUT2D eigenvalue weighted by Crippen LogP contribution is -2.15. The Balaban J connectivity index is 1.70. The zero-order valence-electron chi connectivity index (χ0n) is 16.6. The summed E-state index contributed by atoms with van der Waals surface area (Å²) in [6.07, 6.45) is 1.61. The molecule has 1 aromatic heterocycles. The Hall–Kier alpha value is -3.68. The number of nitrogens with one attached hydrogen (secondary N) is 2. The predicted molar refractivity (Wildman–Crippen MR) is 112 cm³/mol. The van der Waals surface area contributed by atoms with Crippen molar-refractivity contribution in [3.63, 3.8) is 0 Å². The van der Waals surface area contributed by atoms with Gasteiger partial charge in [0, 0.05) is 0 Å².